The molecule has 0 amide bonds. The molecule has 0 bridgehead atoms. The highest BCUT2D eigenvalue weighted by molar-refractivity contribution is 4.83. The standard InChI is InChI=1S/C22H44/c1-7-9-10-12-18(5)22-14-11-13-21(22)16-20(8-2)15-19(6)17(3)4/h17-22H,7-16H2,1-6H3. The third-order valence-corrected chi connectivity index (χ3v) is 6.77. The van der Waals surface area contributed by atoms with Crippen molar-refractivity contribution in [3.8, 4) is 0 Å². The van der Waals surface area contributed by atoms with Crippen molar-refractivity contribution in [1.29, 1.82) is 0 Å². The second-order valence-corrected chi connectivity index (χ2v) is 8.79. The second-order valence-electron chi connectivity index (χ2n) is 8.79. The molecule has 0 radical (unpaired) electrons. The van der Waals surface area contributed by atoms with Crippen LogP contribution < -0.4 is 0 Å². The molecule has 132 valence electrons. The average Bonchev–Trinajstić information content (AvgIpc) is 2.94. The molecule has 0 aliphatic heterocycles. The zero-order chi connectivity index (χ0) is 16.5. The molecule has 0 heterocycles. The summed E-state index contributed by atoms with van der Waals surface area (Å²) in [5.41, 5.74) is 0. The van der Waals surface area contributed by atoms with Crippen molar-refractivity contribution in [3.05, 3.63) is 0 Å². The normalized spacial score (nSPS) is 26.3. The molecule has 1 saturated carbocycles. The van der Waals surface area contributed by atoms with Crippen LogP contribution in [-0.4, -0.2) is 0 Å². The maximum atomic E-state index is 2.55. The van der Waals surface area contributed by atoms with Crippen molar-refractivity contribution in [2.45, 2.75) is 106 Å². The Hall–Kier alpha value is 0. The molecule has 0 saturated heterocycles. The molecule has 0 N–H and O–H groups in total. The van der Waals surface area contributed by atoms with Crippen LogP contribution in [0.15, 0.2) is 0 Å². The third kappa shape index (κ3) is 6.63. The summed E-state index contributed by atoms with van der Waals surface area (Å²) in [4.78, 5) is 0. The summed E-state index contributed by atoms with van der Waals surface area (Å²) in [6.45, 7) is 14.6. The van der Waals surface area contributed by atoms with E-state index < -0.39 is 0 Å². The Labute approximate surface area is 141 Å². The Morgan fingerprint density at radius 2 is 1.68 bits per heavy atom. The van der Waals surface area contributed by atoms with Crippen molar-refractivity contribution >= 4 is 0 Å². The molecule has 0 aromatic heterocycles. The van der Waals surface area contributed by atoms with Crippen molar-refractivity contribution < 1.29 is 0 Å². The quantitative estimate of drug-likeness (QED) is 0.343. The molecule has 5 atom stereocenters. The molecular weight excluding hydrogens is 264 g/mol. The summed E-state index contributed by atoms with van der Waals surface area (Å²) in [5, 5.41) is 0. The molecule has 5 unspecified atom stereocenters. The van der Waals surface area contributed by atoms with E-state index in [0.29, 0.717) is 0 Å². The van der Waals surface area contributed by atoms with E-state index in [4.69, 9.17) is 0 Å². The average molecular weight is 309 g/mol. The van der Waals surface area contributed by atoms with Gasteiger partial charge in [-0.25, -0.2) is 0 Å². The van der Waals surface area contributed by atoms with Crippen molar-refractivity contribution in [2.24, 2.45) is 35.5 Å². The number of hydrogen-bond acceptors (Lipinski definition) is 0. The Kier molecular flexibility index (Phi) is 9.76. The smallest absolute Gasteiger partial charge is 0.0360 e. The minimum Gasteiger partial charge on any atom is -0.0654 e. The zero-order valence-electron chi connectivity index (χ0n) is 16.5. The maximum absolute atomic E-state index is 2.55. The zero-order valence-corrected chi connectivity index (χ0v) is 16.5. The van der Waals surface area contributed by atoms with Gasteiger partial charge in [0.15, 0.2) is 0 Å². The first-order valence-corrected chi connectivity index (χ1v) is 10.5. The van der Waals surface area contributed by atoms with Gasteiger partial charge in [0.05, 0.1) is 0 Å². The van der Waals surface area contributed by atoms with Crippen LogP contribution in [-0.2, 0) is 0 Å². The Bertz CT molecular complexity index is 267. The summed E-state index contributed by atoms with van der Waals surface area (Å²) in [6.07, 6.45) is 14.7. The van der Waals surface area contributed by atoms with Gasteiger partial charge in [-0.05, 0) is 54.8 Å². The van der Waals surface area contributed by atoms with Crippen LogP contribution in [0.4, 0.5) is 0 Å². The molecule has 1 rings (SSSR count). The highest BCUT2D eigenvalue weighted by Crippen LogP contribution is 2.43. The molecule has 0 aromatic rings. The summed E-state index contributed by atoms with van der Waals surface area (Å²) in [6, 6.07) is 0. The molecule has 0 heteroatoms. The third-order valence-electron chi connectivity index (χ3n) is 6.77. The van der Waals surface area contributed by atoms with Crippen LogP contribution in [0.2, 0.25) is 0 Å². The molecule has 1 aliphatic carbocycles. The van der Waals surface area contributed by atoms with Crippen molar-refractivity contribution in [2.75, 3.05) is 0 Å². The van der Waals surface area contributed by atoms with Crippen molar-refractivity contribution in [3.63, 3.8) is 0 Å². The highest BCUT2D eigenvalue weighted by atomic mass is 14.4. The van der Waals surface area contributed by atoms with Gasteiger partial charge in [0.2, 0.25) is 0 Å². The van der Waals surface area contributed by atoms with Crippen LogP contribution in [0.5, 0.6) is 0 Å². The fourth-order valence-electron chi connectivity index (χ4n) is 4.69. The lowest BCUT2D eigenvalue weighted by Crippen LogP contribution is -2.21. The highest BCUT2D eigenvalue weighted by Gasteiger charge is 2.32. The van der Waals surface area contributed by atoms with Gasteiger partial charge in [0.25, 0.3) is 0 Å². The van der Waals surface area contributed by atoms with Crippen LogP contribution in [0, 0.1) is 35.5 Å². The first-order valence-electron chi connectivity index (χ1n) is 10.5. The first kappa shape index (κ1) is 20.0. The molecule has 0 spiro atoms. The van der Waals surface area contributed by atoms with E-state index in [1.165, 1.54) is 64.2 Å². The summed E-state index contributed by atoms with van der Waals surface area (Å²) < 4.78 is 0. The van der Waals surface area contributed by atoms with Gasteiger partial charge in [-0.1, -0.05) is 86.5 Å². The fourth-order valence-corrected chi connectivity index (χ4v) is 4.69. The lowest BCUT2D eigenvalue weighted by Gasteiger charge is -2.30. The summed E-state index contributed by atoms with van der Waals surface area (Å²) in [7, 11) is 0. The van der Waals surface area contributed by atoms with E-state index in [1.54, 1.807) is 0 Å². The fraction of sp³-hybridized carbons (Fsp3) is 1.00. The summed E-state index contributed by atoms with van der Waals surface area (Å²) >= 11 is 0. The minimum atomic E-state index is 0.849. The Morgan fingerprint density at radius 3 is 2.27 bits per heavy atom. The number of rotatable bonds is 11. The van der Waals surface area contributed by atoms with Gasteiger partial charge in [-0.2, -0.15) is 0 Å². The van der Waals surface area contributed by atoms with E-state index in [0.717, 1.165) is 35.5 Å². The molecule has 0 aromatic carbocycles. The molecule has 1 fully saturated rings. The van der Waals surface area contributed by atoms with Gasteiger partial charge in [0, 0.05) is 0 Å². The van der Waals surface area contributed by atoms with Crippen LogP contribution >= 0.6 is 0 Å². The van der Waals surface area contributed by atoms with Crippen molar-refractivity contribution in [1.82, 2.24) is 0 Å². The lowest BCUT2D eigenvalue weighted by molar-refractivity contribution is 0.199. The van der Waals surface area contributed by atoms with Gasteiger partial charge in [0.1, 0.15) is 0 Å². The molecule has 22 heavy (non-hydrogen) atoms. The Morgan fingerprint density at radius 1 is 0.955 bits per heavy atom. The minimum absolute atomic E-state index is 0.849. The van der Waals surface area contributed by atoms with E-state index in [-0.39, 0.29) is 0 Å². The summed E-state index contributed by atoms with van der Waals surface area (Å²) in [5.74, 6) is 5.78. The number of unbranched alkanes of at least 4 members (excludes halogenated alkanes) is 2. The van der Waals surface area contributed by atoms with Gasteiger partial charge >= 0.3 is 0 Å². The van der Waals surface area contributed by atoms with Gasteiger partial charge < -0.3 is 0 Å². The van der Waals surface area contributed by atoms with Crippen LogP contribution in [0.1, 0.15) is 106 Å². The lowest BCUT2D eigenvalue weighted by atomic mass is 9.75. The predicted octanol–water partition coefficient (Wildman–Crippen LogP) is 7.72. The van der Waals surface area contributed by atoms with E-state index in [2.05, 4.69) is 41.5 Å². The molecule has 1 aliphatic rings. The van der Waals surface area contributed by atoms with Gasteiger partial charge in [-0.3, -0.25) is 0 Å². The predicted molar refractivity (Wildman–Crippen MR) is 101 cm³/mol. The van der Waals surface area contributed by atoms with E-state index in [9.17, 15) is 0 Å². The second kappa shape index (κ2) is 10.7. The van der Waals surface area contributed by atoms with Crippen LogP contribution in [0.25, 0.3) is 0 Å². The van der Waals surface area contributed by atoms with Gasteiger partial charge in [-0.15, -0.1) is 0 Å². The van der Waals surface area contributed by atoms with Crippen LogP contribution in [0.3, 0.4) is 0 Å². The number of hydrogen-bond donors (Lipinski definition) is 0. The molecular formula is C22H44. The topological polar surface area (TPSA) is 0 Å². The Balaban J connectivity index is 2.46. The van der Waals surface area contributed by atoms with E-state index >= 15 is 0 Å². The largest absolute Gasteiger partial charge is 0.0654 e. The van der Waals surface area contributed by atoms with E-state index in [1.807, 2.05) is 0 Å². The maximum Gasteiger partial charge on any atom is -0.0360 e. The SMILES string of the molecule is CCCCCC(C)C1CCCC1CC(CC)CC(C)C(C)C. The monoisotopic (exact) mass is 308 g/mol. The molecule has 0 nitrogen and oxygen atoms in total. The first-order chi connectivity index (χ1) is 10.5.